The third-order valence-corrected chi connectivity index (χ3v) is 7.59. The molecule has 2 aromatic rings. The highest BCUT2D eigenvalue weighted by molar-refractivity contribution is 8.04. The molecule has 2 aromatic carbocycles. The van der Waals surface area contributed by atoms with Crippen LogP contribution in [-0.2, 0) is 20.0 Å². The van der Waals surface area contributed by atoms with Crippen LogP contribution in [0.15, 0.2) is 46.2 Å². The van der Waals surface area contributed by atoms with Crippen molar-refractivity contribution in [2.45, 2.75) is 23.6 Å². The summed E-state index contributed by atoms with van der Waals surface area (Å²) in [6.07, 6.45) is 0.589. The molecule has 0 heterocycles. The third-order valence-electron chi connectivity index (χ3n) is 3.61. The van der Waals surface area contributed by atoms with Crippen LogP contribution < -0.4 is 5.84 Å². The standard InChI is InChI=1S/C16H16N2O6S2/c1-11-3-5-15(13(7-11)9-19)25(21,22)18(17)26(23,24)16-6-4-12(2)8-14(16)10-20/h3-10H,17H2,1-2H3. The van der Waals surface area contributed by atoms with Crippen molar-refractivity contribution < 1.29 is 26.4 Å². The predicted molar refractivity (Wildman–Crippen MR) is 93.5 cm³/mol. The average molecular weight is 396 g/mol. The molecule has 2 rings (SSSR count). The number of hydrogen-bond donors (Lipinski definition) is 1. The van der Waals surface area contributed by atoms with E-state index in [1.165, 1.54) is 24.3 Å². The lowest BCUT2D eigenvalue weighted by Crippen LogP contribution is -2.43. The Labute approximate surface area is 151 Å². The first-order valence-corrected chi connectivity index (χ1v) is 10.1. The molecule has 0 atom stereocenters. The number of hydrazine groups is 1. The van der Waals surface area contributed by atoms with Gasteiger partial charge in [0, 0.05) is 11.1 Å². The minimum Gasteiger partial charge on any atom is -0.298 e. The van der Waals surface area contributed by atoms with Gasteiger partial charge in [0.1, 0.15) is 0 Å². The Morgan fingerprint density at radius 1 is 0.769 bits per heavy atom. The van der Waals surface area contributed by atoms with Gasteiger partial charge in [0.05, 0.1) is 9.79 Å². The van der Waals surface area contributed by atoms with Gasteiger partial charge in [-0.25, -0.2) is 22.7 Å². The van der Waals surface area contributed by atoms with Gasteiger partial charge in [0.2, 0.25) is 0 Å². The largest absolute Gasteiger partial charge is 0.298 e. The van der Waals surface area contributed by atoms with Gasteiger partial charge in [-0.1, -0.05) is 23.3 Å². The van der Waals surface area contributed by atoms with Gasteiger partial charge < -0.3 is 0 Å². The zero-order chi connectivity index (χ0) is 19.7. The summed E-state index contributed by atoms with van der Waals surface area (Å²) in [5, 5.41) is 0. The molecular weight excluding hydrogens is 380 g/mol. The Kier molecular flexibility index (Phi) is 5.42. The van der Waals surface area contributed by atoms with E-state index in [0.29, 0.717) is 23.7 Å². The number of benzene rings is 2. The second kappa shape index (κ2) is 7.08. The second-order valence-electron chi connectivity index (χ2n) is 5.55. The SMILES string of the molecule is Cc1ccc(S(=O)(=O)N(N)S(=O)(=O)c2ccc(C)cc2C=O)c(C=O)c1. The summed E-state index contributed by atoms with van der Waals surface area (Å²) < 4.78 is 50.4. The first-order chi connectivity index (χ1) is 12.1. The number of aryl methyl sites for hydroxylation is 2. The average Bonchev–Trinajstić information content (AvgIpc) is 2.60. The zero-order valence-electron chi connectivity index (χ0n) is 13.9. The summed E-state index contributed by atoms with van der Waals surface area (Å²) in [5.41, 5.74) is 0.767. The lowest BCUT2D eigenvalue weighted by molar-refractivity contribution is 0.111. The van der Waals surface area contributed by atoms with Crippen LogP contribution in [0.1, 0.15) is 31.8 Å². The van der Waals surface area contributed by atoms with Crippen molar-refractivity contribution in [3.8, 4) is 0 Å². The van der Waals surface area contributed by atoms with E-state index in [4.69, 9.17) is 5.84 Å². The first kappa shape index (κ1) is 19.9. The van der Waals surface area contributed by atoms with Crippen LogP contribution in [0.25, 0.3) is 0 Å². The number of rotatable bonds is 6. The molecule has 0 aromatic heterocycles. The first-order valence-electron chi connectivity index (χ1n) is 7.22. The molecule has 2 N–H and O–H groups in total. The molecule has 0 amide bonds. The lowest BCUT2D eigenvalue weighted by atomic mass is 10.2. The Balaban J connectivity index is 2.65. The zero-order valence-corrected chi connectivity index (χ0v) is 15.5. The summed E-state index contributed by atoms with van der Waals surface area (Å²) in [6, 6.07) is 7.59. The molecule has 0 aliphatic rings. The van der Waals surface area contributed by atoms with E-state index in [1.807, 2.05) is 0 Å². The van der Waals surface area contributed by atoms with Gasteiger partial charge >= 0.3 is 0 Å². The molecule has 26 heavy (non-hydrogen) atoms. The number of sulfonamides is 2. The van der Waals surface area contributed by atoms with Crippen LogP contribution in [0, 0.1) is 13.8 Å². The minimum absolute atomic E-state index is 0.227. The third kappa shape index (κ3) is 3.44. The van der Waals surface area contributed by atoms with Crippen molar-refractivity contribution in [1.82, 2.24) is 3.82 Å². The van der Waals surface area contributed by atoms with Gasteiger partial charge in [-0.05, 0) is 41.9 Å². The van der Waals surface area contributed by atoms with Crippen LogP contribution in [0.2, 0.25) is 0 Å². The fraction of sp³-hybridized carbons (Fsp3) is 0.125. The molecule has 0 unspecified atom stereocenters. The number of hydrogen-bond acceptors (Lipinski definition) is 7. The lowest BCUT2D eigenvalue weighted by Gasteiger charge is -2.19. The Hall–Kier alpha value is -2.40. The van der Waals surface area contributed by atoms with Gasteiger partial charge in [-0.2, -0.15) is 0 Å². The highest BCUT2D eigenvalue weighted by atomic mass is 32.3. The van der Waals surface area contributed by atoms with E-state index in [1.54, 1.807) is 13.8 Å². The van der Waals surface area contributed by atoms with Gasteiger partial charge in [0.25, 0.3) is 20.0 Å². The van der Waals surface area contributed by atoms with Gasteiger partial charge in [0.15, 0.2) is 12.6 Å². The fourth-order valence-corrected chi connectivity index (χ4v) is 5.51. The van der Waals surface area contributed by atoms with Crippen molar-refractivity contribution in [3.05, 3.63) is 58.7 Å². The molecule has 0 spiro atoms. The summed E-state index contributed by atoms with van der Waals surface area (Å²) >= 11 is 0. The number of nitrogens with two attached hydrogens (primary N) is 1. The highest BCUT2D eigenvalue weighted by Gasteiger charge is 2.36. The summed E-state index contributed by atoms with van der Waals surface area (Å²) in [4.78, 5) is 21.3. The topological polar surface area (TPSA) is 132 Å². The molecule has 0 aliphatic heterocycles. The van der Waals surface area contributed by atoms with Crippen LogP contribution in [0.5, 0.6) is 0 Å². The van der Waals surface area contributed by atoms with E-state index < -0.39 is 29.8 Å². The van der Waals surface area contributed by atoms with Crippen molar-refractivity contribution in [1.29, 1.82) is 0 Å². The maximum absolute atomic E-state index is 12.7. The van der Waals surface area contributed by atoms with Gasteiger partial charge in [-0.3, -0.25) is 9.59 Å². The maximum atomic E-state index is 12.7. The molecule has 8 nitrogen and oxygen atoms in total. The molecule has 0 bridgehead atoms. The summed E-state index contributed by atoms with van der Waals surface area (Å²) in [6.45, 7) is 3.28. The molecule has 0 saturated carbocycles. The summed E-state index contributed by atoms with van der Waals surface area (Å²) in [7, 11) is -9.53. The van der Waals surface area contributed by atoms with E-state index in [-0.39, 0.29) is 14.9 Å². The Morgan fingerprint density at radius 3 is 1.42 bits per heavy atom. The minimum atomic E-state index is -4.76. The molecular formula is C16H16N2O6S2. The Bertz CT molecular complexity index is 1000. The Morgan fingerprint density at radius 2 is 1.12 bits per heavy atom. The molecule has 10 heteroatoms. The maximum Gasteiger partial charge on any atom is 0.270 e. The van der Waals surface area contributed by atoms with Crippen molar-refractivity contribution in [3.63, 3.8) is 0 Å². The van der Waals surface area contributed by atoms with Crippen molar-refractivity contribution in [2.75, 3.05) is 0 Å². The van der Waals surface area contributed by atoms with E-state index in [9.17, 15) is 26.4 Å². The van der Waals surface area contributed by atoms with Gasteiger partial charge in [-0.15, -0.1) is 0 Å². The van der Waals surface area contributed by atoms with Crippen LogP contribution in [0.3, 0.4) is 0 Å². The number of carbonyl (C=O) groups is 2. The number of aldehydes is 2. The van der Waals surface area contributed by atoms with Crippen LogP contribution >= 0.6 is 0 Å². The molecule has 0 radical (unpaired) electrons. The van der Waals surface area contributed by atoms with Crippen molar-refractivity contribution in [2.24, 2.45) is 5.84 Å². The van der Waals surface area contributed by atoms with Crippen LogP contribution in [0.4, 0.5) is 0 Å². The second-order valence-corrected chi connectivity index (χ2v) is 9.35. The van der Waals surface area contributed by atoms with E-state index in [0.717, 1.165) is 12.1 Å². The normalized spacial score (nSPS) is 12.2. The van der Waals surface area contributed by atoms with Crippen LogP contribution in [-0.4, -0.2) is 33.2 Å². The predicted octanol–water partition coefficient (Wildman–Crippen LogP) is 1.18. The number of carbonyl (C=O) groups excluding carboxylic acids is 2. The number of nitrogens with zero attached hydrogens (tertiary/aromatic N) is 1. The fourth-order valence-electron chi connectivity index (χ4n) is 2.31. The molecule has 0 saturated heterocycles. The van der Waals surface area contributed by atoms with Crippen molar-refractivity contribution >= 4 is 32.6 Å². The smallest absolute Gasteiger partial charge is 0.270 e. The summed E-state index contributed by atoms with van der Waals surface area (Å²) in [5.74, 6) is 5.44. The molecule has 0 fully saturated rings. The van der Waals surface area contributed by atoms with E-state index >= 15 is 0 Å². The molecule has 0 aliphatic carbocycles. The monoisotopic (exact) mass is 396 g/mol. The highest BCUT2D eigenvalue weighted by Crippen LogP contribution is 2.25. The quantitative estimate of drug-likeness (QED) is 0.440. The van der Waals surface area contributed by atoms with E-state index in [2.05, 4.69) is 0 Å². The molecule has 138 valence electrons.